The second-order valence-electron chi connectivity index (χ2n) is 7.86. The molecule has 28 heavy (non-hydrogen) atoms. The zero-order valence-electron chi connectivity index (χ0n) is 17.1. The summed E-state index contributed by atoms with van der Waals surface area (Å²) in [4.78, 5) is 28.3. The summed E-state index contributed by atoms with van der Waals surface area (Å²) in [5.74, 6) is 1.18. The Labute approximate surface area is 169 Å². The molecular formula is C20H28N4O3S. The fraction of sp³-hybridized carbons (Fsp3) is 0.650. The second-order valence-corrected chi connectivity index (χ2v) is 8.86. The maximum Gasteiger partial charge on any atom is 0.264 e. The van der Waals surface area contributed by atoms with Gasteiger partial charge in [-0.2, -0.15) is 4.98 Å². The average molecular weight is 405 g/mol. The van der Waals surface area contributed by atoms with E-state index in [1.807, 2.05) is 11.8 Å². The Kier molecular flexibility index (Phi) is 5.28. The quantitative estimate of drug-likeness (QED) is 0.781. The summed E-state index contributed by atoms with van der Waals surface area (Å²) < 4.78 is 10.6. The molecular weight excluding hydrogens is 376 g/mol. The molecule has 0 atom stereocenters. The number of ether oxygens (including phenoxy) is 2. The van der Waals surface area contributed by atoms with E-state index < -0.39 is 0 Å². The minimum atomic E-state index is 0.103. The zero-order valence-corrected chi connectivity index (χ0v) is 17.9. The monoisotopic (exact) mass is 404 g/mol. The molecule has 0 radical (unpaired) electrons. The number of carbonyl (C=O) groups excluding carboxylic acids is 1. The molecule has 1 spiro atoms. The number of aryl methyl sites for hydroxylation is 1. The molecule has 4 heterocycles. The summed E-state index contributed by atoms with van der Waals surface area (Å²) in [6.45, 7) is 5.08. The summed E-state index contributed by atoms with van der Waals surface area (Å²) >= 11 is 1.43. The Hall–Kier alpha value is -1.77. The van der Waals surface area contributed by atoms with Gasteiger partial charge in [-0.15, -0.1) is 11.3 Å². The average Bonchev–Trinajstić information content (AvgIpc) is 3.22. The molecule has 0 saturated carbocycles. The molecule has 2 saturated heterocycles. The number of rotatable bonds is 4. The standard InChI is InChI=1S/C20H28N4O3S/c1-13-15-17(27-4)21-14(12-26-3)22-18(15)28-16(13)19(25)24-10-7-20(8-11-24)6-5-9-23(20)2/h5-12H2,1-4H3. The van der Waals surface area contributed by atoms with Crippen molar-refractivity contribution in [1.29, 1.82) is 0 Å². The fourth-order valence-corrected chi connectivity index (χ4v) is 5.82. The minimum Gasteiger partial charge on any atom is -0.480 e. The maximum absolute atomic E-state index is 13.3. The topological polar surface area (TPSA) is 67.8 Å². The Bertz CT molecular complexity index is 889. The van der Waals surface area contributed by atoms with Crippen molar-refractivity contribution in [1.82, 2.24) is 19.8 Å². The van der Waals surface area contributed by atoms with Crippen molar-refractivity contribution in [3.63, 3.8) is 0 Å². The number of thiophene rings is 1. The number of methoxy groups -OCH3 is 2. The lowest BCUT2D eigenvalue weighted by atomic mass is 9.85. The van der Waals surface area contributed by atoms with Crippen LogP contribution in [-0.2, 0) is 11.3 Å². The van der Waals surface area contributed by atoms with E-state index in [-0.39, 0.29) is 5.91 Å². The third-order valence-corrected chi connectivity index (χ3v) is 7.56. The third-order valence-electron chi connectivity index (χ3n) is 6.39. The number of aromatic nitrogens is 2. The molecule has 0 aliphatic carbocycles. The van der Waals surface area contributed by atoms with E-state index >= 15 is 0 Å². The van der Waals surface area contributed by atoms with Gasteiger partial charge in [0.25, 0.3) is 5.91 Å². The SMILES string of the molecule is COCc1nc(OC)c2c(C)c(C(=O)N3CCC4(CCCN4C)CC3)sc2n1. The van der Waals surface area contributed by atoms with Gasteiger partial charge in [-0.05, 0) is 51.8 Å². The van der Waals surface area contributed by atoms with Crippen LogP contribution in [0.4, 0.5) is 0 Å². The second kappa shape index (κ2) is 7.57. The number of carbonyl (C=O) groups is 1. The molecule has 2 fully saturated rings. The number of likely N-dealkylation sites (tertiary alicyclic amines) is 2. The van der Waals surface area contributed by atoms with Gasteiger partial charge in [0.15, 0.2) is 5.82 Å². The van der Waals surface area contributed by atoms with Crippen molar-refractivity contribution in [2.45, 2.75) is 44.8 Å². The molecule has 8 heteroatoms. The van der Waals surface area contributed by atoms with E-state index in [1.165, 1.54) is 30.7 Å². The third kappa shape index (κ3) is 3.17. The first kappa shape index (κ1) is 19.5. The van der Waals surface area contributed by atoms with Gasteiger partial charge in [0.1, 0.15) is 11.4 Å². The van der Waals surface area contributed by atoms with E-state index in [4.69, 9.17) is 9.47 Å². The van der Waals surface area contributed by atoms with Gasteiger partial charge >= 0.3 is 0 Å². The highest BCUT2D eigenvalue weighted by Crippen LogP contribution is 2.39. The van der Waals surface area contributed by atoms with Gasteiger partial charge < -0.3 is 19.3 Å². The van der Waals surface area contributed by atoms with Crippen LogP contribution in [-0.4, -0.2) is 72.1 Å². The van der Waals surface area contributed by atoms with Crippen LogP contribution in [0.2, 0.25) is 0 Å². The highest BCUT2D eigenvalue weighted by Gasteiger charge is 2.42. The predicted molar refractivity (Wildman–Crippen MR) is 109 cm³/mol. The van der Waals surface area contributed by atoms with Crippen LogP contribution >= 0.6 is 11.3 Å². The smallest absolute Gasteiger partial charge is 0.264 e. The molecule has 2 aromatic rings. The van der Waals surface area contributed by atoms with Crippen molar-refractivity contribution in [3.05, 3.63) is 16.3 Å². The predicted octanol–water partition coefficient (Wildman–Crippen LogP) is 2.86. The highest BCUT2D eigenvalue weighted by molar-refractivity contribution is 7.20. The lowest BCUT2D eigenvalue weighted by Crippen LogP contribution is -2.51. The molecule has 2 aliphatic rings. The molecule has 2 aromatic heterocycles. The van der Waals surface area contributed by atoms with E-state index in [2.05, 4.69) is 21.9 Å². The first-order valence-corrected chi connectivity index (χ1v) is 10.6. The van der Waals surface area contributed by atoms with E-state index in [0.717, 1.165) is 46.6 Å². The molecule has 152 valence electrons. The van der Waals surface area contributed by atoms with Gasteiger partial charge in [0.05, 0.1) is 17.4 Å². The Balaban J connectivity index is 1.60. The largest absolute Gasteiger partial charge is 0.480 e. The molecule has 2 aliphatic heterocycles. The lowest BCUT2D eigenvalue weighted by Gasteiger charge is -2.43. The number of amides is 1. The van der Waals surface area contributed by atoms with Crippen LogP contribution in [0.15, 0.2) is 0 Å². The summed E-state index contributed by atoms with van der Waals surface area (Å²) in [6.07, 6.45) is 4.63. The highest BCUT2D eigenvalue weighted by atomic mass is 32.1. The molecule has 0 aromatic carbocycles. The molecule has 0 unspecified atom stereocenters. The fourth-order valence-electron chi connectivity index (χ4n) is 4.66. The van der Waals surface area contributed by atoms with Gasteiger partial charge in [-0.3, -0.25) is 4.79 Å². The van der Waals surface area contributed by atoms with Crippen LogP contribution in [0.1, 0.15) is 46.7 Å². The van der Waals surface area contributed by atoms with Crippen LogP contribution in [0, 0.1) is 6.92 Å². The number of nitrogens with zero attached hydrogens (tertiary/aromatic N) is 4. The summed E-state index contributed by atoms with van der Waals surface area (Å²) in [6, 6.07) is 0. The first-order chi connectivity index (χ1) is 13.5. The van der Waals surface area contributed by atoms with Crippen LogP contribution in [0.25, 0.3) is 10.2 Å². The van der Waals surface area contributed by atoms with Crippen LogP contribution < -0.4 is 4.74 Å². The Morgan fingerprint density at radius 3 is 2.54 bits per heavy atom. The van der Waals surface area contributed by atoms with E-state index in [1.54, 1.807) is 14.2 Å². The molecule has 0 bridgehead atoms. The van der Waals surface area contributed by atoms with Crippen molar-refractivity contribution >= 4 is 27.5 Å². The van der Waals surface area contributed by atoms with Crippen molar-refractivity contribution < 1.29 is 14.3 Å². The van der Waals surface area contributed by atoms with Crippen molar-refractivity contribution in [2.75, 3.05) is 40.9 Å². The maximum atomic E-state index is 13.3. The summed E-state index contributed by atoms with van der Waals surface area (Å²) in [7, 11) is 5.43. The zero-order chi connectivity index (χ0) is 19.9. The van der Waals surface area contributed by atoms with Crippen LogP contribution in [0.5, 0.6) is 5.88 Å². The molecule has 1 amide bonds. The van der Waals surface area contributed by atoms with Crippen LogP contribution in [0.3, 0.4) is 0 Å². The van der Waals surface area contributed by atoms with E-state index in [0.29, 0.717) is 23.9 Å². The summed E-state index contributed by atoms with van der Waals surface area (Å²) in [5, 5.41) is 0.833. The lowest BCUT2D eigenvalue weighted by molar-refractivity contribution is 0.0496. The Morgan fingerprint density at radius 2 is 1.93 bits per heavy atom. The molecule has 7 nitrogen and oxygen atoms in total. The first-order valence-electron chi connectivity index (χ1n) is 9.82. The van der Waals surface area contributed by atoms with Crippen molar-refractivity contribution in [3.8, 4) is 5.88 Å². The number of hydrogen-bond donors (Lipinski definition) is 0. The van der Waals surface area contributed by atoms with Gasteiger partial charge in [0, 0.05) is 25.7 Å². The summed E-state index contributed by atoms with van der Waals surface area (Å²) in [5.41, 5.74) is 1.21. The molecule has 4 rings (SSSR count). The van der Waals surface area contributed by atoms with Gasteiger partial charge in [0.2, 0.25) is 5.88 Å². The Morgan fingerprint density at radius 1 is 1.18 bits per heavy atom. The van der Waals surface area contributed by atoms with Crippen molar-refractivity contribution in [2.24, 2.45) is 0 Å². The molecule has 0 N–H and O–H groups in total. The number of fused-ring (bicyclic) bond motifs is 1. The van der Waals surface area contributed by atoms with Gasteiger partial charge in [-0.25, -0.2) is 4.98 Å². The minimum absolute atomic E-state index is 0.103. The van der Waals surface area contributed by atoms with Gasteiger partial charge in [-0.1, -0.05) is 0 Å². The van der Waals surface area contributed by atoms with E-state index in [9.17, 15) is 4.79 Å². The normalized spacial score (nSPS) is 19.6. The number of piperidine rings is 1. The number of hydrogen-bond acceptors (Lipinski definition) is 7.